The predicted molar refractivity (Wildman–Crippen MR) is 103 cm³/mol. The fraction of sp³-hybridized carbons (Fsp3) is 0.143. The Hall–Kier alpha value is -2.74. The second-order valence-electron chi connectivity index (χ2n) is 5.14. The molecule has 0 amide bonds. The smallest absolute Gasteiger partial charge is 0.0401 e. The van der Waals surface area contributed by atoms with E-state index < -0.39 is 0 Å². The zero-order valence-corrected chi connectivity index (χ0v) is 13.7. The summed E-state index contributed by atoms with van der Waals surface area (Å²) >= 11 is 0. The van der Waals surface area contributed by atoms with Gasteiger partial charge in [-0.3, -0.25) is 0 Å². The third-order valence-electron chi connectivity index (χ3n) is 3.58. The fourth-order valence-corrected chi connectivity index (χ4v) is 2.46. The van der Waals surface area contributed by atoms with E-state index >= 15 is 0 Å². The van der Waals surface area contributed by atoms with Crippen molar-refractivity contribution in [3.8, 4) is 0 Å². The molecule has 0 saturated heterocycles. The Morgan fingerprint density at radius 1 is 0.739 bits per heavy atom. The monoisotopic (exact) mass is 304 g/mol. The maximum atomic E-state index is 3.47. The Balaban J connectivity index is 0.000000924. The standard InChI is InChI=1S/C19H20N2.C2H4/c1-2-20-18-9-11-19(12-10-18)21-14-15-7-8-16-5-3-4-6-17(16)13-15;1-2/h3-13,20-21H,2,14H2,1H3;1-2H2. The molecule has 0 radical (unpaired) electrons. The molecular weight excluding hydrogens is 280 g/mol. The minimum Gasteiger partial charge on any atom is -0.385 e. The van der Waals surface area contributed by atoms with Gasteiger partial charge in [-0.1, -0.05) is 36.4 Å². The van der Waals surface area contributed by atoms with Gasteiger partial charge in [0.2, 0.25) is 0 Å². The van der Waals surface area contributed by atoms with Crippen molar-refractivity contribution in [2.45, 2.75) is 13.5 Å². The molecule has 0 bridgehead atoms. The van der Waals surface area contributed by atoms with Crippen LogP contribution in [0.4, 0.5) is 11.4 Å². The lowest BCUT2D eigenvalue weighted by Crippen LogP contribution is -2.00. The highest BCUT2D eigenvalue weighted by Crippen LogP contribution is 2.18. The van der Waals surface area contributed by atoms with E-state index in [4.69, 9.17) is 0 Å². The largest absolute Gasteiger partial charge is 0.385 e. The van der Waals surface area contributed by atoms with Crippen LogP contribution in [0.3, 0.4) is 0 Å². The number of anilines is 2. The topological polar surface area (TPSA) is 24.1 Å². The van der Waals surface area contributed by atoms with Crippen LogP contribution in [-0.2, 0) is 6.54 Å². The molecule has 0 spiro atoms. The van der Waals surface area contributed by atoms with Crippen molar-refractivity contribution in [1.29, 1.82) is 0 Å². The summed E-state index contributed by atoms with van der Waals surface area (Å²) in [4.78, 5) is 0. The number of hydrogen-bond donors (Lipinski definition) is 2. The molecule has 0 aliphatic heterocycles. The van der Waals surface area contributed by atoms with Crippen LogP contribution in [0.2, 0.25) is 0 Å². The zero-order valence-electron chi connectivity index (χ0n) is 13.7. The molecule has 3 aromatic carbocycles. The van der Waals surface area contributed by atoms with Crippen molar-refractivity contribution in [2.75, 3.05) is 17.2 Å². The van der Waals surface area contributed by atoms with Crippen LogP contribution in [0.15, 0.2) is 79.9 Å². The average molecular weight is 304 g/mol. The van der Waals surface area contributed by atoms with Crippen molar-refractivity contribution >= 4 is 22.1 Å². The Kier molecular flexibility index (Phi) is 6.25. The van der Waals surface area contributed by atoms with Gasteiger partial charge in [-0.05, 0) is 53.6 Å². The van der Waals surface area contributed by atoms with Gasteiger partial charge >= 0.3 is 0 Å². The van der Waals surface area contributed by atoms with Crippen LogP contribution < -0.4 is 10.6 Å². The van der Waals surface area contributed by atoms with Crippen LogP contribution >= 0.6 is 0 Å². The molecule has 2 heteroatoms. The highest BCUT2D eigenvalue weighted by Gasteiger charge is 1.97. The second kappa shape index (κ2) is 8.64. The van der Waals surface area contributed by atoms with Crippen molar-refractivity contribution in [2.24, 2.45) is 0 Å². The lowest BCUT2D eigenvalue weighted by atomic mass is 10.1. The van der Waals surface area contributed by atoms with E-state index in [1.54, 1.807) is 0 Å². The van der Waals surface area contributed by atoms with E-state index in [0.29, 0.717) is 0 Å². The Labute approximate surface area is 138 Å². The third kappa shape index (κ3) is 4.62. The Morgan fingerprint density at radius 2 is 1.35 bits per heavy atom. The van der Waals surface area contributed by atoms with Gasteiger partial charge in [0.15, 0.2) is 0 Å². The van der Waals surface area contributed by atoms with Crippen LogP contribution in [0.25, 0.3) is 10.8 Å². The van der Waals surface area contributed by atoms with E-state index in [1.165, 1.54) is 16.3 Å². The van der Waals surface area contributed by atoms with Gasteiger partial charge in [0.1, 0.15) is 0 Å². The van der Waals surface area contributed by atoms with Crippen LogP contribution in [0.1, 0.15) is 12.5 Å². The maximum absolute atomic E-state index is 3.47. The summed E-state index contributed by atoms with van der Waals surface area (Å²) in [6.07, 6.45) is 0. The van der Waals surface area contributed by atoms with Crippen molar-refractivity contribution in [3.63, 3.8) is 0 Å². The van der Waals surface area contributed by atoms with E-state index in [-0.39, 0.29) is 0 Å². The molecule has 2 N–H and O–H groups in total. The highest BCUT2D eigenvalue weighted by atomic mass is 14.9. The molecule has 118 valence electrons. The lowest BCUT2D eigenvalue weighted by molar-refractivity contribution is 1.15. The van der Waals surface area contributed by atoms with Crippen LogP contribution in [0.5, 0.6) is 0 Å². The van der Waals surface area contributed by atoms with Gasteiger partial charge in [0, 0.05) is 24.5 Å². The van der Waals surface area contributed by atoms with E-state index in [1.807, 2.05) is 0 Å². The summed E-state index contributed by atoms with van der Waals surface area (Å²) in [5, 5.41) is 9.35. The summed E-state index contributed by atoms with van der Waals surface area (Å²) < 4.78 is 0. The van der Waals surface area contributed by atoms with Crippen LogP contribution in [-0.4, -0.2) is 6.54 Å². The first-order valence-corrected chi connectivity index (χ1v) is 7.90. The minimum absolute atomic E-state index is 0.839. The quantitative estimate of drug-likeness (QED) is 0.592. The first-order valence-electron chi connectivity index (χ1n) is 7.90. The minimum atomic E-state index is 0.839. The van der Waals surface area contributed by atoms with Gasteiger partial charge < -0.3 is 10.6 Å². The molecule has 0 aliphatic rings. The summed E-state index contributed by atoms with van der Waals surface area (Å²) in [6.45, 7) is 9.89. The van der Waals surface area contributed by atoms with Gasteiger partial charge in [-0.2, -0.15) is 0 Å². The van der Waals surface area contributed by atoms with Gasteiger partial charge in [-0.15, -0.1) is 13.2 Å². The summed E-state index contributed by atoms with van der Waals surface area (Å²) in [7, 11) is 0. The number of fused-ring (bicyclic) bond motifs is 1. The predicted octanol–water partition coefficient (Wildman–Crippen LogP) is 5.69. The summed E-state index contributed by atoms with van der Waals surface area (Å²) in [6, 6.07) is 23.5. The maximum Gasteiger partial charge on any atom is 0.0401 e. The van der Waals surface area contributed by atoms with Gasteiger partial charge in [-0.25, -0.2) is 0 Å². The molecule has 0 atom stereocenters. The molecule has 3 aromatic rings. The summed E-state index contributed by atoms with van der Waals surface area (Å²) in [5.41, 5.74) is 3.60. The Bertz CT molecular complexity index is 732. The van der Waals surface area contributed by atoms with E-state index in [2.05, 4.69) is 97.4 Å². The average Bonchev–Trinajstić information content (AvgIpc) is 2.63. The van der Waals surface area contributed by atoms with Gasteiger partial charge in [0.25, 0.3) is 0 Å². The van der Waals surface area contributed by atoms with Gasteiger partial charge in [0.05, 0.1) is 0 Å². The number of rotatable bonds is 5. The number of benzene rings is 3. The molecule has 0 heterocycles. The lowest BCUT2D eigenvalue weighted by Gasteiger charge is -2.09. The zero-order chi connectivity index (χ0) is 16.5. The molecule has 0 aliphatic carbocycles. The summed E-state index contributed by atoms with van der Waals surface area (Å²) in [5.74, 6) is 0. The van der Waals surface area contributed by atoms with Crippen LogP contribution in [0, 0.1) is 0 Å². The molecule has 2 nitrogen and oxygen atoms in total. The molecule has 0 unspecified atom stereocenters. The van der Waals surface area contributed by atoms with E-state index in [0.717, 1.165) is 24.5 Å². The first kappa shape index (κ1) is 16.6. The molecule has 0 aromatic heterocycles. The molecule has 0 saturated carbocycles. The second-order valence-corrected chi connectivity index (χ2v) is 5.14. The molecular formula is C21H24N2. The van der Waals surface area contributed by atoms with Crippen molar-refractivity contribution in [1.82, 2.24) is 0 Å². The normalized spacial score (nSPS) is 9.78. The number of nitrogens with one attached hydrogen (secondary N) is 2. The highest BCUT2D eigenvalue weighted by molar-refractivity contribution is 5.83. The van der Waals surface area contributed by atoms with E-state index in [9.17, 15) is 0 Å². The third-order valence-corrected chi connectivity index (χ3v) is 3.58. The molecule has 0 fully saturated rings. The SMILES string of the molecule is C=C.CCNc1ccc(NCc2ccc3ccccc3c2)cc1. The molecule has 3 rings (SSSR count). The first-order chi connectivity index (χ1) is 11.3. The fourth-order valence-electron chi connectivity index (χ4n) is 2.46. The Morgan fingerprint density at radius 3 is 2.00 bits per heavy atom. The van der Waals surface area contributed by atoms with Crippen molar-refractivity contribution < 1.29 is 0 Å². The number of hydrogen-bond acceptors (Lipinski definition) is 2. The molecule has 23 heavy (non-hydrogen) atoms. The van der Waals surface area contributed by atoms with Crippen molar-refractivity contribution in [3.05, 3.63) is 85.5 Å².